The first-order valence-electron chi connectivity index (χ1n) is 7.40. The normalized spacial score (nSPS) is 10.5. The van der Waals surface area contributed by atoms with Crippen LogP contribution in [0.3, 0.4) is 0 Å². The molecule has 0 unspecified atom stereocenters. The Kier molecular flexibility index (Phi) is 5.14. The first kappa shape index (κ1) is 17.2. The van der Waals surface area contributed by atoms with E-state index in [1.54, 1.807) is 42.5 Å². The molecule has 1 aromatic heterocycles. The molecule has 0 saturated carbocycles. The Morgan fingerprint density at radius 2 is 2.08 bits per heavy atom. The van der Waals surface area contributed by atoms with Crippen LogP contribution in [0, 0.1) is 5.82 Å². The highest BCUT2D eigenvalue weighted by Gasteiger charge is 2.14. The average Bonchev–Trinajstić information content (AvgIpc) is 3.09. The molecule has 0 aliphatic carbocycles. The van der Waals surface area contributed by atoms with Crippen LogP contribution in [-0.4, -0.2) is 18.2 Å². The summed E-state index contributed by atoms with van der Waals surface area (Å²) in [6, 6.07) is 13.0. The smallest absolute Gasteiger partial charge is 0.252 e. The van der Waals surface area contributed by atoms with Crippen LogP contribution in [0.4, 0.5) is 4.39 Å². The number of methoxy groups -OCH3 is 1. The van der Waals surface area contributed by atoms with E-state index in [-0.39, 0.29) is 12.5 Å². The summed E-state index contributed by atoms with van der Waals surface area (Å²) in [5, 5.41) is 6.61. The molecule has 0 radical (unpaired) electrons. The van der Waals surface area contributed by atoms with Gasteiger partial charge in [-0.25, -0.2) is 4.39 Å². The SMILES string of the molecule is COc1ccc(Br)c(C(=O)NCc2cc(-c3ccccc3F)on2)c1. The maximum atomic E-state index is 13.8. The van der Waals surface area contributed by atoms with E-state index in [4.69, 9.17) is 9.26 Å². The number of aromatic nitrogens is 1. The van der Waals surface area contributed by atoms with Crippen molar-refractivity contribution in [1.82, 2.24) is 10.5 Å². The minimum atomic E-state index is -0.394. The number of carbonyl (C=O) groups is 1. The summed E-state index contributed by atoms with van der Waals surface area (Å²) in [5.74, 6) is 0.206. The number of amides is 1. The molecule has 5 nitrogen and oxygen atoms in total. The topological polar surface area (TPSA) is 64.4 Å². The van der Waals surface area contributed by atoms with Crippen LogP contribution < -0.4 is 10.1 Å². The van der Waals surface area contributed by atoms with E-state index < -0.39 is 5.82 Å². The summed E-state index contributed by atoms with van der Waals surface area (Å²) in [5.41, 5.74) is 1.26. The third-order valence-corrected chi connectivity index (χ3v) is 4.24. The summed E-state index contributed by atoms with van der Waals surface area (Å²) in [6.45, 7) is 0.153. The molecule has 0 atom stereocenters. The number of ether oxygens (including phenoxy) is 1. The van der Waals surface area contributed by atoms with Gasteiger partial charge >= 0.3 is 0 Å². The third-order valence-electron chi connectivity index (χ3n) is 3.55. The van der Waals surface area contributed by atoms with E-state index in [9.17, 15) is 9.18 Å². The van der Waals surface area contributed by atoms with Crippen LogP contribution in [0.2, 0.25) is 0 Å². The van der Waals surface area contributed by atoms with Gasteiger partial charge in [0.1, 0.15) is 17.3 Å². The average molecular weight is 405 g/mol. The summed E-state index contributed by atoms with van der Waals surface area (Å²) >= 11 is 3.34. The molecule has 3 rings (SSSR count). The van der Waals surface area contributed by atoms with E-state index in [0.717, 1.165) is 0 Å². The second-order valence-corrected chi connectivity index (χ2v) is 6.05. The van der Waals surface area contributed by atoms with Gasteiger partial charge in [0, 0.05) is 10.5 Å². The Bertz CT molecular complexity index is 911. The first-order chi connectivity index (χ1) is 12.1. The van der Waals surface area contributed by atoms with Crippen LogP contribution in [-0.2, 0) is 6.54 Å². The molecule has 1 N–H and O–H groups in total. The maximum absolute atomic E-state index is 13.8. The molecule has 7 heteroatoms. The van der Waals surface area contributed by atoms with Gasteiger partial charge < -0.3 is 14.6 Å². The lowest BCUT2D eigenvalue weighted by atomic mass is 10.1. The zero-order valence-electron chi connectivity index (χ0n) is 13.3. The van der Waals surface area contributed by atoms with Crippen LogP contribution in [0.25, 0.3) is 11.3 Å². The predicted molar refractivity (Wildman–Crippen MR) is 93.8 cm³/mol. The van der Waals surface area contributed by atoms with Crippen molar-refractivity contribution in [2.24, 2.45) is 0 Å². The standard InChI is InChI=1S/C18H14BrFN2O3/c1-24-12-6-7-15(19)14(9-12)18(23)21-10-11-8-17(25-22-11)13-4-2-3-5-16(13)20/h2-9H,10H2,1H3,(H,21,23). The van der Waals surface area contributed by atoms with Gasteiger partial charge in [0.15, 0.2) is 5.76 Å². The Labute approximate surface area is 151 Å². The number of nitrogens with zero attached hydrogens (tertiary/aromatic N) is 1. The summed E-state index contributed by atoms with van der Waals surface area (Å²) in [4.78, 5) is 12.3. The maximum Gasteiger partial charge on any atom is 0.252 e. The second kappa shape index (κ2) is 7.48. The van der Waals surface area contributed by atoms with Gasteiger partial charge in [0.25, 0.3) is 5.91 Å². The van der Waals surface area contributed by atoms with E-state index in [2.05, 4.69) is 26.4 Å². The number of halogens is 2. The first-order valence-corrected chi connectivity index (χ1v) is 8.20. The Morgan fingerprint density at radius 3 is 2.84 bits per heavy atom. The minimum Gasteiger partial charge on any atom is -0.497 e. The molecule has 0 aliphatic rings. The van der Waals surface area contributed by atoms with Crippen molar-refractivity contribution in [1.29, 1.82) is 0 Å². The molecule has 0 bridgehead atoms. The van der Waals surface area contributed by atoms with Crippen LogP contribution in [0.1, 0.15) is 16.1 Å². The van der Waals surface area contributed by atoms with Crippen LogP contribution in [0.5, 0.6) is 5.75 Å². The van der Waals surface area contributed by atoms with Crippen molar-refractivity contribution in [2.45, 2.75) is 6.54 Å². The molecule has 1 heterocycles. The highest BCUT2D eigenvalue weighted by molar-refractivity contribution is 9.10. The molecule has 2 aromatic carbocycles. The lowest BCUT2D eigenvalue weighted by molar-refractivity contribution is 0.0949. The van der Waals surface area contributed by atoms with E-state index in [0.29, 0.717) is 32.8 Å². The Morgan fingerprint density at radius 1 is 1.28 bits per heavy atom. The fourth-order valence-corrected chi connectivity index (χ4v) is 2.68. The lowest BCUT2D eigenvalue weighted by Crippen LogP contribution is -2.23. The van der Waals surface area contributed by atoms with Crippen molar-refractivity contribution >= 4 is 21.8 Å². The number of carbonyl (C=O) groups excluding carboxylic acids is 1. The van der Waals surface area contributed by atoms with Crippen molar-refractivity contribution in [2.75, 3.05) is 7.11 Å². The molecular formula is C18H14BrFN2O3. The summed E-state index contributed by atoms with van der Waals surface area (Å²) < 4.78 is 24.7. The Hall–Kier alpha value is -2.67. The summed E-state index contributed by atoms with van der Waals surface area (Å²) in [7, 11) is 1.53. The number of benzene rings is 2. The minimum absolute atomic E-state index is 0.153. The molecule has 3 aromatic rings. The van der Waals surface area contributed by atoms with E-state index in [1.165, 1.54) is 13.2 Å². The number of hydrogen-bond acceptors (Lipinski definition) is 4. The lowest BCUT2D eigenvalue weighted by Gasteiger charge is -2.07. The molecule has 0 aliphatic heterocycles. The second-order valence-electron chi connectivity index (χ2n) is 5.19. The molecule has 0 spiro atoms. The van der Waals surface area contributed by atoms with Gasteiger partial charge in [-0.3, -0.25) is 4.79 Å². The van der Waals surface area contributed by atoms with Gasteiger partial charge in [-0.1, -0.05) is 17.3 Å². The number of hydrogen-bond donors (Lipinski definition) is 1. The monoisotopic (exact) mass is 404 g/mol. The highest BCUT2D eigenvalue weighted by Crippen LogP contribution is 2.24. The van der Waals surface area contributed by atoms with Crippen molar-refractivity contribution in [3.8, 4) is 17.1 Å². The van der Waals surface area contributed by atoms with Gasteiger partial charge in [-0.2, -0.15) is 0 Å². The summed E-state index contributed by atoms with van der Waals surface area (Å²) in [6.07, 6.45) is 0. The third kappa shape index (κ3) is 3.88. The van der Waals surface area contributed by atoms with Crippen LogP contribution >= 0.6 is 15.9 Å². The van der Waals surface area contributed by atoms with Gasteiger partial charge in [-0.05, 0) is 46.3 Å². The van der Waals surface area contributed by atoms with Crippen molar-refractivity contribution in [3.63, 3.8) is 0 Å². The molecule has 25 heavy (non-hydrogen) atoms. The highest BCUT2D eigenvalue weighted by atomic mass is 79.9. The molecular weight excluding hydrogens is 391 g/mol. The van der Waals surface area contributed by atoms with Crippen LogP contribution in [0.15, 0.2) is 57.5 Å². The zero-order chi connectivity index (χ0) is 17.8. The Balaban J connectivity index is 1.70. The zero-order valence-corrected chi connectivity index (χ0v) is 14.8. The van der Waals surface area contributed by atoms with Gasteiger partial charge in [-0.15, -0.1) is 0 Å². The quantitative estimate of drug-likeness (QED) is 0.692. The number of nitrogens with one attached hydrogen (secondary N) is 1. The molecule has 128 valence electrons. The molecule has 1 amide bonds. The van der Waals surface area contributed by atoms with Gasteiger partial charge in [0.2, 0.25) is 0 Å². The molecule has 0 saturated heterocycles. The van der Waals surface area contributed by atoms with Gasteiger partial charge in [0.05, 0.1) is 24.8 Å². The largest absolute Gasteiger partial charge is 0.497 e. The van der Waals surface area contributed by atoms with E-state index in [1.807, 2.05) is 0 Å². The number of rotatable bonds is 5. The molecule has 0 fully saturated rings. The predicted octanol–water partition coefficient (Wildman–Crippen LogP) is 4.18. The van der Waals surface area contributed by atoms with E-state index >= 15 is 0 Å². The fraction of sp³-hybridized carbons (Fsp3) is 0.111. The van der Waals surface area contributed by atoms with Crippen molar-refractivity contribution in [3.05, 3.63) is 70.1 Å². The van der Waals surface area contributed by atoms with Crippen molar-refractivity contribution < 1.29 is 18.4 Å². The fourth-order valence-electron chi connectivity index (χ4n) is 2.25.